The molecule has 28 heavy (non-hydrogen) atoms. The van der Waals surface area contributed by atoms with Gasteiger partial charge in [0.2, 0.25) is 0 Å². The van der Waals surface area contributed by atoms with Crippen LogP contribution < -0.4 is 0 Å². The maximum Gasteiger partial charge on any atom is 0.133 e. The fourth-order valence-electron chi connectivity index (χ4n) is 8.25. The molecule has 0 spiro atoms. The molecule has 8 atom stereocenters. The van der Waals surface area contributed by atoms with Gasteiger partial charge in [-0.15, -0.1) is 0 Å². The van der Waals surface area contributed by atoms with E-state index in [-0.39, 0.29) is 11.3 Å². The van der Waals surface area contributed by atoms with Crippen LogP contribution in [-0.2, 0) is 4.79 Å². The molecule has 4 saturated carbocycles. The van der Waals surface area contributed by atoms with Gasteiger partial charge in [-0.2, -0.15) is 0 Å². The van der Waals surface area contributed by atoms with Crippen molar-refractivity contribution in [2.45, 2.75) is 91.1 Å². The van der Waals surface area contributed by atoms with Gasteiger partial charge in [0, 0.05) is 5.92 Å². The van der Waals surface area contributed by atoms with E-state index in [0.717, 1.165) is 49.0 Å². The summed E-state index contributed by atoms with van der Waals surface area (Å²) in [6, 6.07) is 0. The lowest BCUT2D eigenvalue weighted by molar-refractivity contribution is -0.144. The summed E-state index contributed by atoms with van der Waals surface area (Å²) >= 11 is 0. The standard InChI is InChI=1S/C26H38O2/c1-17(2)10-13-26(28)15-14-24(4)19(16-26)6-7-20-22-9-8-21(18(3)27)25(22,5)12-11-23(20)24/h19-23,28H,1,6-9,11-12,14-16H2,2-5H3/t19-,20-,21+,22-,23-,24-,25+,26+/m0/s1. The molecular formula is C26H38O2. The zero-order valence-electron chi connectivity index (χ0n) is 18.3. The average molecular weight is 383 g/mol. The molecular weight excluding hydrogens is 344 g/mol. The lowest BCUT2D eigenvalue weighted by Crippen LogP contribution is -2.56. The first-order valence-electron chi connectivity index (χ1n) is 11.5. The summed E-state index contributed by atoms with van der Waals surface area (Å²) in [5.74, 6) is 9.73. The van der Waals surface area contributed by atoms with Crippen LogP contribution in [-0.4, -0.2) is 16.5 Å². The third-order valence-corrected chi connectivity index (χ3v) is 9.73. The van der Waals surface area contributed by atoms with E-state index < -0.39 is 5.60 Å². The van der Waals surface area contributed by atoms with Crippen LogP contribution in [0.25, 0.3) is 0 Å². The fourth-order valence-corrected chi connectivity index (χ4v) is 8.25. The normalized spacial score (nSPS) is 49.8. The van der Waals surface area contributed by atoms with Crippen molar-refractivity contribution in [1.29, 1.82) is 0 Å². The van der Waals surface area contributed by atoms with Crippen LogP contribution in [0.15, 0.2) is 12.2 Å². The van der Waals surface area contributed by atoms with Gasteiger partial charge >= 0.3 is 0 Å². The van der Waals surface area contributed by atoms with Crippen LogP contribution >= 0.6 is 0 Å². The van der Waals surface area contributed by atoms with E-state index in [4.69, 9.17) is 0 Å². The number of aliphatic hydroxyl groups is 1. The van der Waals surface area contributed by atoms with Crippen molar-refractivity contribution in [1.82, 2.24) is 0 Å². The van der Waals surface area contributed by atoms with Crippen LogP contribution in [0.5, 0.6) is 0 Å². The molecule has 0 bridgehead atoms. The van der Waals surface area contributed by atoms with E-state index in [1.807, 2.05) is 13.8 Å². The Bertz CT molecular complexity index is 741. The van der Waals surface area contributed by atoms with Gasteiger partial charge in [0.15, 0.2) is 0 Å². The number of hydrogen-bond acceptors (Lipinski definition) is 2. The molecule has 0 saturated heterocycles. The number of carbonyl (C=O) groups is 1. The number of fused-ring (bicyclic) bond motifs is 5. The molecule has 4 fully saturated rings. The smallest absolute Gasteiger partial charge is 0.133 e. The summed E-state index contributed by atoms with van der Waals surface area (Å²) in [6.07, 6.45) is 10.0. The van der Waals surface area contributed by atoms with Gasteiger partial charge < -0.3 is 5.11 Å². The van der Waals surface area contributed by atoms with Gasteiger partial charge in [-0.3, -0.25) is 4.79 Å². The van der Waals surface area contributed by atoms with Crippen molar-refractivity contribution in [3.8, 4) is 11.8 Å². The van der Waals surface area contributed by atoms with E-state index in [0.29, 0.717) is 17.1 Å². The fraction of sp³-hybridized carbons (Fsp3) is 0.808. The summed E-state index contributed by atoms with van der Waals surface area (Å²) in [4.78, 5) is 12.3. The molecule has 4 aliphatic rings. The number of ketones is 1. The van der Waals surface area contributed by atoms with Crippen molar-refractivity contribution in [2.24, 2.45) is 40.4 Å². The molecule has 0 aliphatic heterocycles. The van der Waals surface area contributed by atoms with Gasteiger partial charge in [-0.1, -0.05) is 32.3 Å². The molecule has 0 unspecified atom stereocenters. The number of rotatable bonds is 1. The van der Waals surface area contributed by atoms with E-state index >= 15 is 0 Å². The maximum absolute atomic E-state index is 12.3. The monoisotopic (exact) mass is 382 g/mol. The lowest BCUT2D eigenvalue weighted by atomic mass is 9.44. The molecule has 154 valence electrons. The topological polar surface area (TPSA) is 37.3 Å². The molecule has 1 N–H and O–H groups in total. The molecule has 0 heterocycles. The second-order valence-corrected chi connectivity index (χ2v) is 11.2. The summed E-state index contributed by atoms with van der Waals surface area (Å²) in [7, 11) is 0. The Balaban J connectivity index is 1.56. The molecule has 0 aromatic heterocycles. The minimum atomic E-state index is -0.827. The van der Waals surface area contributed by atoms with Gasteiger partial charge in [0.05, 0.1) is 0 Å². The summed E-state index contributed by atoms with van der Waals surface area (Å²) in [5.41, 5.74) is 0.568. The summed E-state index contributed by atoms with van der Waals surface area (Å²) in [6.45, 7) is 12.5. The molecule has 2 nitrogen and oxygen atoms in total. The highest BCUT2D eigenvalue weighted by Gasteiger charge is 2.61. The predicted molar refractivity (Wildman–Crippen MR) is 113 cm³/mol. The van der Waals surface area contributed by atoms with E-state index in [9.17, 15) is 9.90 Å². The van der Waals surface area contributed by atoms with Crippen molar-refractivity contribution in [3.05, 3.63) is 12.2 Å². The summed E-state index contributed by atoms with van der Waals surface area (Å²) < 4.78 is 0. The van der Waals surface area contributed by atoms with Crippen molar-refractivity contribution in [2.75, 3.05) is 0 Å². The van der Waals surface area contributed by atoms with Gasteiger partial charge in [0.25, 0.3) is 0 Å². The first-order chi connectivity index (χ1) is 13.1. The Morgan fingerprint density at radius 2 is 1.68 bits per heavy atom. The second kappa shape index (κ2) is 6.73. The molecule has 0 radical (unpaired) electrons. The maximum atomic E-state index is 12.3. The van der Waals surface area contributed by atoms with Crippen LogP contribution in [0.2, 0.25) is 0 Å². The number of carbonyl (C=O) groups excluding carboxylic acids is 1. The zero-order valence-corrected chi connectivity index (χ0v) is 18.3. The molecule has 0 amide bonds. The van der Waals surface area contributed by atoms with Crippen LogP contribution in [0, 0.1) is 52.3 Å². The van der Waals surface area contributed by atoms with E-state index in [1.54, 1.807) is 0 Å². The second-order valence-electron chi connectivity index (χ2n) is 11.2. The SMILES string of the molecule is C=C(C)C#C[C@@]1(O)CC[C@@]2(C)[C@@H](CC[C@@H]3[C@@H]2CC[C@]2(C)[C@@H](C(C)=O)CC[C@@H]32)C1. The van der Waals surface area contributed by atoms with Crippen LogP contribution in [0.1, 0.15) is 85.5 Å². The lowest BCUT2D eigenvalue weighted by Gasteiger charge is -2.61. The van der Waals surface area contributed by atoms with Crippen molar-refractivity contribution < 1.29 is 9.90 Å². The minimum absolute atomic E-state index is 0.235. The Morgan fingerprint density at radius 1 is 0.964 bits per heavy atom. The Morgan fingerprint density at radius 3 is 2.36 bits per heavy atom. The number of Topliss-reactive ketones (excluding diaryl/α,β-unsaturated/α-hetero) is 1. The first kappa shape index (κ1) is 20.2. The Kier molecular flexibility index (Phi) is 4.86. The van der Waals surface area contributed by atoms with Gasteiger partial charge in [-0.25, -0.2) is 0 Å². The Hall–Kier alpha value is -1.07. The van der Waals surface area contributed by atoms with Crippen LogP contribution in [0.4, 0.5) is 0 Å². The predicted octanol–water partition coefficient (Wildman–Crippen LogP) is 5.54. The number of allylic oxidation sites excluding steroid dienone is 1. The Labute approximate surface area is 171 Å². The minimum Gasteiger partial charge on any atom is -0.378 e. The summed E-state index contributed by atoms with van der Waals surface area (Å²) in [5, 5.41) is 11.1. The van der Waals surface area contributed by atoms with Gasteiger partial charge in [-0.05, 0) is 112 Å². The molecule has 4 rings (SSSR count). The molecule has 2 heteroatoms. The highest BCUT2D eigenvalue weighted by molar-refractivity contribution is 5.79. The third-order valence-electron chi connectivity index (χ3n) is 9.73. The van der Waals surface area contributed by atoms with Crippen LogP contribution in [0.3, 0.4) is 0 Å². The zero-order chi connectivity index (χ0) is 20.3. The largest absolute Gasteiger partial charge is 0.378 e. The quantitative estimate of drug-likeness (QED) is 0.604. The van der Waals surface area contributed by atoms with E-state index in [1.165, 1.54) is 32.1 Å². The number of hydrogen-bond donors (Lipinski definition) is 1. The molecule has 0 aromatic carbocycles. The van der Waals surface area contributed by atoms with E-state index in [2.05, 4.69) is 32.3 Å². The third kappa shape index (κ3) is 3.00. The molecule has 4 aliphatic carbocycles. The van der Waals surface area contributed by atoms with Crippen molar-refractivity contribution in [3.63, 3.8) is 0 Å². The first-order valence-corrected chi connectivity index (χ1v) is 11.5. The van der Waals surface area contributed by atoms with Crippen molar-refractivity contribution >= 4 is 5.78 Å². The molecule has 0 aromatic rings. The average Bonchev–Trinajstić information content (AvgIpc) is 2.98. The highest BCUT2D eigenvalue weighted by atomic mass is 16.3. The van der Waals surface area contributed by atoms with Gasteiger partial charge in [0.1, 0.15) is 11.4 Å². The highest BCUT2D eigenvalue weighted by Crippen LogP contribution is 2.68.